The van der Waals surface area contributed by atoms with Crippen LogP contribution in [0.25, 0.3) is 0 Å². The first-order chi connectivity index (χ1) is 15.6. The van der Waals surface area contributed by atoms with E-state index in [1.165, 1.54) is 6.42 Å². The van der Waals surface area contributed by atoms with Crippen LogP contribution in [0.1, 0.15) is 88.7 Å². The Morgan fingerprint density at radius 1 is 0.906 bits per heavy atom. The summed E-state index contributed by atoms with van der Waals surface area (Å²) in [5.41, 5.74) is 4.68. The number of amides is 2. The number of pyridine rings is 1. The third-order valence-electron chi connectivity index (χ3n) is 7.32. The van der Waals surface area contributed by atoms with E-state index in [-0.39, 0.29) is 17.7 Å². The number of aryl methyl sites for hydroxylation is 2. The van der Waals surface area contributed by atoms with Crippen molar-refractivity contribution in [1.82, 2.24) is 24.6 Å². The van der Waals surface area contributed by atoms with Crippen LogP contribution < -0.4 is 0 Å². The number of rotatable bonds is 3. The van der Waals surface area contributed by atoms with Crippen molar-refractivity contribution in [3.8, 4) is 0 Å². The van der Waals surface area contributed by atoms with E-state index in [9.17, 15) is 9.59 Å². The van der Waals surface area contributed by atoms with Crippen LogP contribution >= 0.6 is 0 Å². The van der Waals surface area contributed by atoms with Crippen molar-refractivity contribution in [2.24, 2.45) is 7.05 Å². The van der Waals surface area contributed by atoms with Crippen LogP contribution in [0.3, 0.4) is 0 Å². The lowest BCUT2D eigenvalue weighted by Gasteiger charge is -2.33. The fourth-order valence-corrected chi connectivity index (χ4v) is 5.55. The molecule has 2 aromatic rings. The zero-order chi connectivity index (χ0) is 22.1. The molecular formula is C25H33N5O2. The van der Waals surface area contributed by atoms with Gasteiger partial charge in [0.05, 0.1) is 11.3 Å². The molecular weight excluding hydrogens is 402 g/mol. The first-order valence-corrected chi connectivity index (χ1v) is 12.2. The molecule has 0 bridgehead atoms. The SMILES string of the molecule is Cn1nc2c(c1C(=O)N1CCC[C@H](c3ccc(C(=O)N4CCCCC4)cn3)C1)CCCC2. The first-order valence-electron chi connectivity index (χ1n) is 12.2. The Hall–Kier alpha value is -2.70. The monoisotopic (exact) mass is 435 g/mol. The van der Waals surface area contributed by atoms with Crippen molar-refractivity contribution >= 4 is 11.8 Å². The summed E-state index contributed by atoms with van der Waals surface area (Å²) in [4.78, 5) is 34.8. The molecule has 0 saturated carbocycles. The molecule has 3 aliphatic rings. The lowest BCUT2D eigenvalue weighted by Crippen LogP contribution is -2.40. The maximum Gasteiger partial charge on any atom is 0.272 e. The summed E-state index contributed by atoms with van der Waals surface area (Å²) in [7, 11) is 1.90. The fourth-order valence-electron chi connectivity index (χ4n) is 5.55. The number of piperidine rings is 2. The van der Waals surface area contributed by atoms with Crippen molar-refractivity contribution in [3.63, 3.8) is 0 Å². The summed E-state index contributed by atoms with van der Waals surface area (Å²) in [6, 6.07) is 3.90. The topological polar surface area (TPSA) is 71.3 Å². The molecule has 4 heterocycles. The van der Waals surface area contributed by atoms with Crippen LogP contribution in [-0.2, 0) is 19.9 Å². The minimum atomic E-state index is 0.0881. The van der Waals surface area contributed by atoms with Gasteiger partial charge in [-0.3, -0.25) is 19.3 Å². The number of likely N-dealkylation sites (tertiary alicyclic amines) is 2. The van der Waals surface area contributed by atoms with Gasteiger partial charge in [-0.05, 0) is 69.9 Å². The molecule has 0 spiro atoms. The second-order valence-electron chi connectivity index (χ2n) is 9.52. The molecule has 0 aromatic carbocycles. The number of carbonyl (C=O) groups excluding carboxylic acids is 2. The summed E-state index contributed by atoms with van der Waals surface area (Å²) >= 11 is 0. The number of carbonyl (C=O) groups is 2. The number of fused-ring (bicyclic) bond motifs is 1. The lowest BCUT2D eigenvalue weighted by atomic mass is 9.92. The van der Waals surface area contributed by atoms with Crippen LogP contribution in [0.4, 0.5) is 0 Å². The van der Waals surface area contributed by atoms with Crippen molar-refractivity contribution < 1.29 is 9.59 Å². The van der Waals surface area contributed by atoms with Gasteiger partial charge in [-0.1, -0.05) is 0 Å². The summed E-state index contributed by atoms with van der Waals surface area (Å²) in [5, 5.41) is 4.63. The largest absolute Gasteiger partial charge is 0.339 e. The Kier molecular flexibility index (Phi) is 5.98. The van der Waals surface area contributed by atoms with E-state index in [0.29, 0.717) is 12.1 Å². The molecule has 32 heavy (non-hydrogen) atoms. The lowest BCUT2D eigenvalue weighted by molar-refractivity contribution is 0.0693. The summed E-state index contributed by atoms with van der Waals surface area (Å²) in [5.74, 6) is 0.394. The smallest absolute Gasteiger partial charge is 0.272 e. The zero-order valence-electron chi connectivity index (χ0n) is 19.1. The predicted octanol–water partition coefficient (Wildman–Crippen LogP) is 3.34. The molecule has 170 valence electrons. The van der Waals surface area contributed by atoms with Gasteiger partial charge >= 0.3 is 0 Å². The van der Waals surface area contributed by atoms with E-state index in [0.717, 1.165) is 93.6 Å². The van der Waals surface area contributed by atoms with Gasteiger partial charge < -0.3 is 9.80 Å². The zero-order valence-corrected chi connectivity index (χ0v) is 19.1. The summed E-state index contributed by atoms with van der Waals surface area (Å²) in [6.07, 6.45) is 11.3. The third-order valence-corrected chi connectivity index (χ3v) is 7.32. The van der Waals surface area contributed by atoms with Crippen molar-refractivity contribution in [2.45, 2.75) is 63.7 Å². The first kappa shape index (κ1) is 21.2. The molecule has 2 aliphatic heterocycles. The Balaban J connectivity index is 1.28. The molecule has 0 radical (unpaired) electrons. The number of hydrogen-bond acceptors (Lipinski definition) is 4. The van der Waals surface area contributed by atoms with Gasteiger partial charge in [0.1, 0.15) is 5.69 Å². The van der Waals surface area contributed by atoms with E-state index >= 15 is 0 Å². The summed E-state index contributed by atoms with van der Waals surface area (Å²) < 4.78 is 1.79. The Bertz CT molecular complexity index is 991. The van der Waals surface area contributed by atoms with E-state index in [1.54, 1.807) is 10.9 Å². The minimum Gasteiger partial charge on any atom is -0.339 e. The highest BCUT2D eigenvalue weighted by Gasteiger charge is 2.31. The molecule has 0 unspecified atom stereocenters. The number of nitrogens with zero attached hydrogens (tertiary/aromatic N) is 5. The molecule has 7 nitrogen and oxygen atoms in total. The molecule has 2 saturated heterocycles. The molecule has 2 aromatic heterocycles. The standard InChI is InChI=1S/C25H33N5O2/c1-28-23(20-9-3-4-10-22(20)27-28)25(32)30-15-7-8-19(17-30)21-12-11-18(16-26-21)24(31)29-13-5-2-6-14-29/h11-12,16,19H,2-10,13-15,17H2,1H3/t19-/m0/s1. The molecule has 1 aliphatic carbocycles. The van der Waals surface area contributed by atoms with Crippen molar-refractivity contribution in [3.05, 3.63) is 46.5 Å². The van der Waals surface area contributed by atoms with Crippen LogP contribution in [-0.4, -0.2) is 62.6 Å². The highest BCUT2D eigenvalue weighted by atomic mass is 16.2. The average molecular weight is 436 g/mol. The van der Waals surface area contributed by atoms with Gasteiger partial charge in [0, 0.05) is 56.6 Å². The van der Waals surface area contributed by atoms with Gasteiger partial charge in [0.15, 0.2) is 0 Å². The molecule has 1 atom stereocenters. The van der Waals surface area contributed by atoms with Gasteiger partial charge in [-0.25, -0.2) is 0 Å². The van der Waals surface area contributed by atoms with E-state index < -0.39 is 0 Å². The highest BCUT2D eigenvalue weighted by molar-refractivity contribution is 5.95. The van der Waals surface area contributed by atoms with Crippen LogP contribution in [0.2, 0.25) is 0 Å². The maximum absolute atomic E-state index is 13.4. The molecule has 2 fully saturated rings. The molecule has 2 amide bonds. The van der Waals surface area contributed by atoms with E-state index in [2.05, 4.69) is 10.1 Å². The highest BCUT2D eigenvalue weighted by Crippen LogP contribution is 2.29. The quantitative estimate of drug-likeness (QED) is 0.741. The fraction of sp³-hybridized carbons (Fsp3) is 0.600. The predicted molar refractivity (Wildman–Crippen MR) is 122 cm³/mol. The second-order valence-corrected chi connectivity index (χ2v) is 9.52. The van der Waals surface area contributed by atoms with Crippen LogP contribution in [0.15, 0.2) is 18.3 Å². The molecule has 5 rings (SSSR count). The van der Waals surface area contributed by atoms with E-state index in [1.807, 2.05) is 29.0 Å². The van der Waals surface area contributed by atoms with Crippen LogP contribution in [0.5, 0.6) is 0 Å². The average Bonchev–Trinajstić information content (AvgIpc) is 3.19. The Morgan fingerprint density at radius 3 is 2.47 bits per heavy atom. The van der Waals surface area contributed by atoms with Gasteiger partial charge in [0.2, 0.25) is 0 Å². The second kappa shape index (κ2) is 9.04. The normalized spacial score (nSPS) is 21.3. The minimum absolute atomic E-state index is 0.0881. The third kappa shape index (κ3) is 4.05. The summed E-state index contributed by atoms with van der Waals surface area (Å²) in [6.45, 7) is 3.14. The Morgan fingerprint density at radius 2 is 1.69 bits per heavy atom. The number of aromatic nitrogens is 3. The van der Waals surface area contributed by atoms with Crippen molar-refractivity contribution in [1.29, 1.82) is 0 Å². The molecule has 0 N–H and O–H groups in total. The van der Waals surface area contributed by atoms with Gasteiger partial charge in [0.25, 0.3) is 11.8 Å². The molecule has 7 heteroatoms. The van der Waals surface area contributed by atoms with Crippen LogP contribution in [0, 0.1) is 0 Å². The Labute approximate surface area is 189 Å². The van der Waals surface area contributed by atoms with Gasteiger partial charge in [-0.15, -0.1) is 0 Å². The number of hydrogen-bond donors (Lipinski definition) is 0. The van der Waals surface area contributed by atoms with Crippen molar-refractivity contribution in [2.75, 3.05) is 26.2 Å². The van der Waals surface area contributed by atoms with Gasteiger partial charge in [-0.2, -0.15) is 5.10 Å². The maximum atomic E-state index is 13.4. The van der Waals surface area contributed by atoms with E-state index in [4.69, 9.17) is 0 Å².